The first-order valence-corrected chi connectivity index (χ1v) is 9.90. The Hall–Kier alpha value is -3.49. The van der Waals surface area contributed by atoms with Crippen molar-refractivity contribution in [3.63, 3.8) is 0 Å². The van der Waals surface area contributed by atoms with Crippen molar-refractivity contribution in [2.75, 3.05) is 12.3 Å². The molecule has 1 aliphatic heterocycles. The molecule has 0 aliphatic carbocycles. The largest absolute Gasteiger partial charge is 0.387 e. The van der Waals surface area contributed by atoms with E-state index in [0.29, 0.717) is 18.0 Å². The second-order valence-corrected chi connectivity index (χ2v) is 7.26. The Balaban J connectivity index is 1.62. The van der Waals surface area contributed by atoms with Gasteiger partial charge in [-0.2, -0.15) is 15.1 Å². The summed E-state index contributed by atoms with van der Waals surface area (Å²) in [5.74, 6) is 0.127. The van der Waals surface area contributed by atoms with Crippen molar-refractivity contribution in [2.24, 2.45) is 10.2 Å². The van der Waals surface area contributed by atoms with Gasteiger partial charge in [-0.25, -0.2) is 4.98 Å². The highest BCUT2D eigenvalue weighted by atomic mass is 16.6. The van der Waals surface area contributed by atoms with Crippen LogP contribution in [0.1, 0.15) is 30.2 Å². The molecule has 1 saturated heterocycles. The molecular weight excluding hydrogens is 422 g/mol. The number of anilines is 1. The summed E-state index contributed by atoms with van der Waals surface area (Å²) in [5, 5.41) is 35.3. The summed E-state index contributed by atoms with van der Waals surface area (Å²) in [7, 11) is 0. The lowest BCUT2D eigenvalue weighted by molar-refractivity contribution is -0.137. The van der Waals surface area contributed by atoms with Crippen LogP contribution in [-0.4, -0.2) is 65.7 Å². The second kappa shape index (κ2) is 8.57. The lowest BCUT2D eigenvalue weighted by Crippen LogP contribution is -2.42. The molecule has 3 aromatic rings. The minimum absolute atomic E-state index is 0.0307. The molecule has 3 aromatic heterocycles. The highest BCUT2D eigenvalue weighted by Crippen LogP contribution is 2.32. The van der Waals surface area contributed by atoms with E-state index in [4.69, 9.17) is 15.0 Å². The van der Waals surface area contributed by atoms with Gasteiger partial charge >= 0.3 is 0 Å². The predicted molar refractivity (Wildman–Crippen MR) is 109 cm³/mol. The first kappa shape index (κ1) is 21.7. The first-order chi connectivity index (χ1) is 15.3. The summed E-state index contributed by atoms with van der Waals surface area (Å²) in [6.07, 6.45) is -3.87. The van der Waals surface area contributed by atoms with E-state index in [2.05, 4.69) is 35.7 Å². The number of aliphatic hydroxyl groups is 2. The number of nitrogens with one attached hydrogen (secondary N) is 1. The Labute approximate surface area is 181 Å². The molecule has 0 saturated carbocycles. The van der Waals surface area contributed by atoms with Crippen LogP contribution in [0.15, 0.2) is 21.1 Å². The molecule has 0 aromatic carbocycles. The number of nitrogen functional groups attached to an aromatic ring is 1. The van der Waals surface area contributed by atoms with Gasteiger partial charge in [-0.3, -0.25) is 9.36 Å². The third-order valence-electron chi connectivity index (χ3n) is 5.13. The van der Waals surface area contributed by atoms with Gasteiger partial charge in [-0.1, -0.05) is 5.16 Å². The number of imidazole rings is 1. The number of nitrogens with zero attached hydrogens (tertiary/aromatic N) is 7. The van der Waals surface area contributed by atoms with E-state index in [-0.39, 0.29) is 29.5 Å². The predicted octanol–water partition coefficient (Wildman–Crippen LogP) is 0.0525. The Morgan fingerprint density at radius 1 is 1.31 bits per heavy atom. The first-order valence-electron chi connectivity index (χ1n) is 9.90. The number of ether oxygens (including phenoxy) is 1. The maximum atomic E-state index is 12.1. The molecule has 32 heavy (non-hydrogen) atoms. The summed E-state index contributed by atoms with van der Waals surface area (Å²) in [6, 6.07) is 0. The molecule has 1 fully saturated rings. The number of azo groups is 1. The van der Waals surface area contributed by atoms with Crippen LogP contribution in [0, 0.1) is 13.8 Å². The molecule has 1 amide bonds. The number of aryl methyl sites for hydroxylation is 2. The van der Waals surface area contributed by atoms with Gasteiger partial charge in [0.25, 0.3) is 11.9 Å². The van der Waals surface area contributed by atoms with Crippen molar-refractivity contribution < 1.29 is 24.3 Å². The molecule has 0 spiro atoms. The molecular formula is C18H23N9O5. The SMILES string of the molecule is CCNC(=O)[C@H]1O[C@@H](n2cnc3c(N)nc(N=NCc4c(C)noc4C)nc32)[C@H](O)[C@@H]1O. The van der Waals surface area contributed by atoms with Crippen molar-refractivity contribution in [3.8, 4) is 0 Å². The quantitative estimate of drug-likeness (QED) is 0.376. The van der Waals surface area contributed by atoms with E-state index in [9.17, 15) is 15.0 Å². The smallest absolute Gasteiger partial charge is 0.272 e. The van der Waals surface area contributed by atoms with Gasteiger partial charge in [0.2, 0.25) is 0 Å². The fourth-order valence-corrected chi connectivity index (χ4v) is 3.44. The van der Waals surface area contributed by atoms with E-state index in [0.717, 1.165) is 5.56 Å². The number of fused-ring (bicyclic) bond motifs is 1. The van der Waals surface area contributed by atoms with Gasteiger partial charge in [-0.05, 0) is 20.8 Å². The monoisotopic (exact) mass is 445 g/mol. The van der Waals surface area contributed by atoms with Crippen LogP contribution in [0.4, 0.5) is 11.8 Å². The van der Waals surface area contributed by atoms with E-state index < -0.39 is 30.4 Å². The maximum absolute atomic E-state index is 12.1. The molecule has 1 aliphatic rings. The van der Waals surface area contributed by atoms with Gasteiger partial charge in [0, 0.05) is 12.1 Å². The fraction of sp³-hybridized carbons (Fsp3) is 0.500. The zero-order chi connectivity index (χ0) is 23.0. The van der Waals surface area contributed by atoms with Gasteiger partial charge in [0.15, 0.2) is 23.8 Å². The summed E-state index contributed by atoms with van der Waals surface area (Å²) in [5.41, 5.74) is 7.96. The van der Waals surface area contributed by atoms with E-state index in [1.807, 2.05) is 0 Å². The second-order valence-electron chi connectivity index (χ2n) is 7.26. The average Bonchev–Trinajstić information content (AvgIpc) is 3.40. The van der Waals surface area contributed by atoms with Crippen molar-refractivity contribution in [1.29, 1.82) is 0 Å². The maximum Gasteiger partial charge on any atom is 0.272 e. The van der Waals surface area contributed by atoms with E-state index >= 15 is 0 Å². The van der Waals surface area contributed by atoms with Crippen molar-refractivity contribution in [3.05, 3.63) is 23.3 Å². The number of aromatic nitrogens is 5. The standard InChI is InChI=1S/C18H23N9O5/c1-4-20-16(30)13-11(28)12(29)17(31-13)27-6-21-10-14(19)23-18(24-15(10)27)25-22-5-9-7(2)26-32-8(9)3/h6,11-13,17,28-29H,4-5H2,1-3H3,(H,20,30)(H2,19,23,24)/t11-,12+,13-,17+/m0/s1. The van der Waals surface area contributed by atoms with Crippen LogP contribution in [-0.2, 0) is 16.1 Å². The Morgan fingerprint density at radius 3 is 2.78 bits per heavy atom. The van der Waals surface area contributed by atoms with Crippen LogP contribution < -0.4 is 11.1 Å². The van der Waals surface area contributed by atoms with E-state index in [1.165, 1.54) is 10.9 Å². The van der Waals surface area contributed by atoms with Crippen LogP contribution in [0.3, 0.4) is 0 Å². The fourth-order valence-electron chi connectivity index (χ4n) is 3.44. The number of aliphatic hydroxyl groups excluding tert-OH is 2. The molecule has 4 heterocycles. The number of likely N-dealkylation sites (N-methyl/N-ethyl adjacent to an activating group) is 1. The van der Waals surface area contributed by atoms with Gasteiger partial charge in [0.05, 0.1) is 18.6 Å². The Morgan fingerprint density at radius 2 is 2.09 bits per heavy atom. The van der Waals surface area contributed by atoms with Gasteiger partial charge in [0.1, 0.15) is 23.5 Å². The van der Waals surface area contributed by atoms with Crippen molar-refractivity contribution in [2.45, 2.75) is 51.9 Å². The van der Waals surface area contributed by atoms with Crippen LogP contribution in [0.25, 0.3) is 11.2 Å². The summed E-state index contributed by atoms with van der Waals surface area (Å²) in [6.45, 7) is 5.88. The number of nitrogens with two attached hydrogens (primary N) is 1. The number of hydrogen-bond donors (Lipinski definition) is 4. The summed E-state index contributed by atoms with van der Waals surface area (Å²) in [4.78, 5) is 24.7. The molecule has 4 atom stereocenters. The Bertz CT molecular complexity index is 1150. The zero-order valence-corrected chi connectivity index (χ0v) is 17.6. The molecule has 14 heteroatoms. The number of rotatable bonds is 6. The summed E-state index contributed by atoms with van der Waals surface area (Å²) >= 11 is 0. The molecule has 14 nitrogen and oxygen atoms in total. The average molecular weight is 445 g/mol. The van der Waals surface area contributed by atoms with Crippen LogP contribution in [0.2, 0.25) is 0 Å². The van der Waals surface area contributed by atoms with Crippen molar-refractivity contribution in [1.82, 2.24) is 30.0 Å². The van der Waals surface area contributed by atoms with Crippen LogP contribution in [0.5, 0.6) is 0 Å². The molecule has 0 radical (unpaired) electrons. The highest BCUT2D eigenvalue weighted by molar-refractivity contribution is 5.83. The molecule has 5 N–H and O–H groups in total. The van der Waals surface area contributed by atoms with E-state index in [1.54, 1.807) is 20.8 Å². The number of carbonyl (C=O) groups excluding carboxylic acids is 1. The zero-order valence-electron chi connectivity index (χ0n) is 17.6. The van der Waals surface area contributed by atoms with Gasteiger partial charge in [-0.15, -0.1) is 5.11 Å². The summed E-state index contributed by atoms with van der Waals surface area (Å²) < 4.78 is 12.1. The minimum Gasteiger partial charge on any atom is -0.387 e. The molecule has 4 rings (SSSR count). The topological polar surface area (TPSA) is 199 Å². The van der Waals surface area contributed by atoms with Gasteiger partial charge < -0.3 is 30.5 Å². The normalized spacial score (nSPS) is 23.4. The number of carbonyl (C=O) groups is 1. The molecule has 170 valence electrons. The lowest BCUT2D eigenvalue weighted by Gasteiger charge is -2.16. The third-order valence-corrected chi connectivity index (χ3v) is 5.13. The Kier molecular flexibility index (Phi) is 5.82. The highest BCUT2D eigenvalue weighted by Gasteiger charge is 2.47. The third kappa shape index (κ3) is 3.79. The van der Waals surface area contributed by atoms with Crippen LogP contribution >= 0.6 is 0 Å². The molecule has 0 bridgehead atoms. The molecule has 0 unspecified atom stereocenters. The van der Waals surface area contributed by atoms with Crippen molar-refractivity contribution >= 4 is 28.8 Å². The number of amides is 1. The minimum atomic E-state index is -1.43. The lowest BCUT2D eigenvalue weighted by atomic mass is 10.1. The number of hydrogen-bond acceptors (Lipinski definition) is 12.